The number of nitrogens with zero attached hydrogens (tertiary/aromatic N) is 2. The number of hydrogen-bond donors (Lipinski definition) is 2. The lowest BCUT2D eigenvalue weighted by molar-refractivity contribution is -0.137. The molecule has 1 aromatic heterocycles. The molecule has 6 nitrogen and oxygen atoms in total. The van der Waals surface area contributed by atoms with Gasteiger partial charge in [-0.1, -0.05) is 30.3 Å². The van der Waals surface area contributed by atoms with Crippen LogP contribution < -0.4 is 11.1 Å². The normalized spacial score (nSPS) is 10.2. The average Bonchev–Trinajstić information content (AvgIpc) is 2.92. The lowest BCUT2D eigenvalue weighted by atomic mass is 10.2. The van der Waals surface area contributed by atoms with Crippen LogP contribution in [-0.4, -0.2) is 27.9 Å². The molecule has 6 heteroatoms. The quantitative estimate of drug-likeness (QED) is 0.615. The topological polar surface area (TPSA) is 90.0 Å². The Morgan fingerprint density at radius 2 is 2.00 bits per heavy atom. The number of aryl methyl sites for hydroxylation is 1. The molecule has 3 N–H and O–H groups in total. The third kappa shape index (κ3) is 3.44. The molecule has 104 valence electrons. The second kappa shape index (κ2) is 6.51. The summed E-state index contributed by atoms with van der Waals surface area (Å²) in [4.78, 5) is 25.9. The van der Waals surface area contributed by atoms with Crippen LogP contribution in [0.25, 0.3) is 11.4 Å². The number of nitrogens with one attached hydrogen (secondary N) is 1. The molecular formula is C14H16N4O2. The van der Waals surface area contributed by atoms with Crippen LogP contribution in [0.2, 0.25) is 0 Å². The Morgan fingerprint density at radius 3 is 2.70 bits per heavy atom. The van der Waals surface area contributed by atoms with Crippen LogP contribution in [0.4, 0.5) is 0 Å². The molecule has 1 aromatic carbocycles. The van der Waals surface area contributed by atoms with E-state index in [9.17, 15) is 9.59 Å². The molecule has 0 bridgehead atoms. The molecule has 0 saturated heterocycles. The zero-order valence-corrected chi connectivity index (χ0v) is 11.0. The van der Waals surface area contributed by atoms with Gasteiger partial charge in [0.1, 0.15) is 5.82 Å². The van der Waals surface area contributed by atoms with Gasteiger partial charge in [0.25, 0.3) is 0 Å². The Balaban J connectivity index is 1.90. The maximum atomic E-state index is 11.0. The molecule has 0 spiro atoms. The van der Waals surface area contributed by atoms with Crippen molar-refractivity contribution in [2.24, 2.45) is 5.73 Å². The van der Waals surface area contributed by atoms with E-state index in [2.05, 4.69) is 10.3 Å². The number of rotatable bonds is 5. The lowest BCUT2D eigenvalue weighted by Gasteiger charge is -2.08. The molecule has 0 unspecified atom stereocenters. The zero-order chi connectivity index (χ0) is 14.4. The summed E-state index contributed by atoms with van der Waals surface area (Å²) in [5.41, 5.74) is 5.89. The van der Waals surface area contributed by atoms with Crippen LogP contribution >= 0.6 is 0 Å². The first-order chi connectivity index (χ1) is 9.68. The van der Waals surface area contributed by atoms with E-state index in [-0.39, 0.29) is 0 Å². The SMILES string of the molecule is NC(=O)C(=O)NCCCn1ccnc1-c1ccccc1. The molecule has 2 rings (SSSR count). The summed E-state index contributed by atoms with van der Waals surface area (Å²) in [6.07, 6.45) is 4.32. The molecule has 2 amide bonds. The standard InChI is InChI=1S/C14H16N4O2/c15-12(19)14(20)17-7-4-9-18-10-8-16-13(18)11-5-2-1-3-6-11/h1-3,5-6,8,10H,4,7,9H2,(H2,15,19)(H,17,20). The first-order valence-electron chi connectivity index (χ1n) is 6.32. The van der Waals surface area contributed by atoms with Crippen LogP contribution in [0.1, 0.15) is 6.42 Å². The van der Waals surface area contributed by atoms with Gasteiger partial charge in [0.2, 0.25) is 0 Å². The van der Waals surface area contributed by atoms with Gasteiger partial charge < -0.3 is 15.6 Å². The minimum Gasteiger partial charge on any atom is -0.361 e. The minimum absolute atomic E-state index is 0.397. The monoisotopic (exact) mass is 272 g/mol. The summed E-state index contributed by atoms with van der Waals surface area (Å²) in [6.45, 7) is 1.09. The van der Waals surface area contributed by atoms with E-state index in [1.165, 1.54) is 0 Å². The van der Waals surface area contributed by atoms with Crippen molar-refractivity contribution in [1.82, 2.24) is 14.9 Å². The highest BCUT2D eigenvalue weighted by Crippen LogP contribution is 2.16. The fourth-order valence-electron chi connectivity index (χ4n) is 1.88. The second-order valence-corrected chi connectivity index (χ2v) is 4.28. The molecule has 0 aliphatic heterocycles. The van der Waals surface area contributed by atoms with E-state index in [0.29, 0.717) is 19.5 Å². The summed E-state index contributed by atoms with van der Waals surface area (Å²) < 4.78 is 2.01. The van der Waals surface area contributed by atoms with Crippen LogP contribution in [0, 0.1) is 0 Å². The minimum atomic E-state index is -0.961. The molecule has 1 heterocycles. The fourth-order valence-corrected chi connectivity index (χ4v) is 1.88. The maximum Gasteiger partial charge on any atom is 0.309 e. The first-order valence-corrected chi connectivity index (χ1v) is 6.32. The van der Waals surface area contributed by atoms with Gasteiger partial charge in [0.05, 0.1) is 0 Å². The predicted molar refractivity (Wildman–Crippen MR) is 74.5 cm³/mol. The van der Waals surface area contributed by atoms with Crippen molar-refractivity contribution in [2.45, 2.75) is 13.0 Å². The molecule has 0 atom stereocenters. The van der Waals surface area contributed by atoms with Crippen LogP contribution in [-0.2, 0) is 16.1 Å². The molecule has 2 aromatic rings. The Morgan fingerprint density at radius 1 is 1.25 bits per heavy atom. The van der Waals surface area contributed by atoms with Gasteiger partial charge in [-0.2, -0.15) is 0 Å². The summed E-state index contributed by atoms with van der Waals surface area (Å²) in [5, 5.41) is 2.46. The van der Waals surface area contributed by atoms with Gasteiger partial charge in [-0.15, -0.1) is 0 Å². The molecular weight excluding hydrogens is 256 g/mol. The highest BCUT2D eigenvalue weighted by Gasteiger charge is 2.08. The second-order valence-electron chi connectivity index (χ2n) is 4.28. The molecule has 0 aliphatic rings. The summed E-state index contributed by atoms with van der Waals surface area (Å²) in [5.74, 6) is -0.830. The van der Waals surface area contributed by atoms with Crippen molar-refractivity contribution in [3.63, 3.8) is 0 Å². The molecule has 0 saturated carbocycles. The maximum absolute atomic E-state index is 11.0. The van der Waals surface area contributed by atoms with Gasteiger partial charge in [-0.05, 0) is 6.42 Å². The van der Waals surface area contributed by atoms with Crippen molar-refractivity contribution in [1.29, 1.82) is 0 Å². The number of imidazole rings is 1. The first kappa shape index (κ1) is 13.8. The number of hydrogen-bond acceptors (Lipinski definition) is 3. The van der Waals surface area contributed by atoms with E-state index < -0.39 is 11.8 Å². The third-order valence-electron chi connectivity index (χ3n) is 2.83. The summed E-state index contributed by atoms with van der Waals surface area (Å²) in [7, 11) is 0. The van der Waals surface area contributed by atoms with Crippen LogP contribution in [0.15, 0.2) is 42.7 Å². The van der Waals surface area contributed by atoms with E-state index in [1.807, 2.05) is 41.1 Å². The van der Waals surface area contributed by atoms with Crippen molar-refractivity contribution in [3.05, 3.63) is 42.7 Å². The number of benzene rings is 1. The van der Waals surface area contributed by atoms with E-state index in [1.54, 1.807) is 6.20 Å². The van der Waals surface area contributed by atoms with Crippen LogP contribution in [0.5, 0.6) is 0 Å². The smallest absolute Gasteiger partial charge is 0.309 e. The van der Waals surface area contributed by atoms with Gasteiger partial charge >= 0.3 is 11.8 Å². The van der Waals surface area contributed by atoms with Crippen molar-refractivity contribution in [3.8, 4) is 11.4 Å². The molecule has 0 fully saturated rings. The third-order valence-corrected chi connectivity index (χ3v) is 2.83. The van der Waals surface area contributed by atoms with E-state index >= 15 is 0 Å². The van der Waals surface area contributed by atoms with Gasteiger partial charge in [0.15, 0.2) is 0 Å². The van der Waals surface area contributed by atoms with Gasteiger partial charge in [0, 0.05) is 31.0 Å². The van der Waals surface area contributed by atoms with Crippen LogP contribution in [0.3, 0.4) is 0 Å². The van der Waals surface area contributed by atoms with Crippen molar-refractivity contribution >= 4 is 11.8 Å². The zero-order valence-electron chi connectivity index (χ0n) is 11.0. The molecule has 20 heavy (non-hydrogen) atoms. The Kier molecular flexibility index (Phi) is 4.49. The average molecular weight is 272 g/mol. The molecule has 0 radical (unpaired) electrons. The predicted octanol–water partition coefficient (Wildman–Crippen LogP) is 0.542. The van der Waals surface area contributed by atoms with Crippen molar-refractivity contribution in [2.75, 3.05) is 6.54 Å². The fraction of sp³-hybridized carbons (Fsp3) is 0.214. The highest BCUT2D eigenvalue weighted by molar-refractivity contribution is 6.34. The number of amides is 2. The van der Waals surface area contributed by atoms with E-state index in [4.69, 9.17) is 5.73 Å². The Bertz CT molecular complexity index is 592. The highest BCUT2D eigenvalue weighted by atomic mass is 16.2. The Hall–Kier alpha value is -2.63. The number of primary amides is 1. The summed E-state index contributed by atoms with van der Waals surface area (Å²) >= 11 is 0. The molecule has 0 aliphatic carbocycles. The Labute approximate surface area is 116 Å². The number of nitrogens with two attached hydrogens (primary N) is 1. The van der Waals surface area contributed by atoms with Crippen molar-refractivity contribution < 1.29 is 9.59 Å². The largest absolute Gasteiger partial charge is 0.361 e. The lowest BCUT2D eigenvalue weighted by Crippen LogP contribution is -2.36. The number of carbonyl (C=O) groups excluding carboxylic acids is 2. The summed E-state index contributed by atoms with van der Waals surface area (Å²) in [6, 6.07) is 9.86. The van der Waals surface area contributed by atoms with Gasteiger partial charge in [-0.3, -0.25) is 9.59 Å². The number of aromatic nitrogens is 2. The van der Waals surface area contributed by atoms with Gasteiger partial charge in [-0.25, -0.2) is 4.98 Å². The van der Waals surface area contributed by atoms with E-state index in [0.717, 1.165) is 11.4 Å². The number of carbonyl (C=O) groups is 2.